The second-order valence-electron chi connectivity index (χ2n) is 6.30. The monoisotopic (exact) mass is 283 g/mol. The summed E-state index contributed by atoms with van der Waals surface area (Å²) in [5.41, 5.74) is 8.19. The molecule has 21 heavy (non-hydrogen) atoms. The number of hydrogen-bond acceptors (Lipinski definition) is 3. The number of nitrogens with two attached hydrogens (primary N) is 1. The molecule has 1 fully saturated rings. The molecule has 3 nitrogen and oxygen atoms in total. The molecular formula is C18H25N3. The molecule has 1 aliphatic rings. The summed E-state index contributed by atoms with van der Waals surface area (Å²) >= 11 is 0. The molecule has 1 heterocycles. The summed E-state index contributed by atoms with van der Waals surface area (Å²) in [4.78, 5) is 4.14. The van der Waals surface area contributed by atoms with Gasteiger partial charge in [0.15, 0.2) is 0 Å². The van der Waals surface area contributed by atoms with Gasteiger partial charge in [0.2, 0.25) is 0 Å². The molecule has 1 aromatic carbocycles. The quantitative estimate of drug-likeness (QED) is 0.815. The third-order valence-corrected chi connectivity index (χ3v) is 4.99. The van der Waals surface area contributed by atoms with E-state index in [4.69, 9.17) is 5.73 Å². The van der Waals surface area contributed by atoms with Crippen LogP contribution in [0, 0.1) is 11.8 Å². The van der Waals surface area contributed by atoms with Crippen molar-refractivity contribution < 1.29 is 0 Å². The summed E-state index contributed by atoms with van der Waals surface area (Å²) in [7, 11) is 0. The predicted molar refractivity (Wildman–Crippen MR) is 90.4 cm³/mol. The molecule has 3 rings (SSSR count). The molecule has 0 aliphatic heterocycles. The number of hydrogen-bond donors (Lipinski definition) is 2. The van der Waals surface area contributed by atoms with Gasteiger partial charge in [0.1, 0.15) is 0 Å². The molecule has 0 spiro atoms. The summed E-state index contributed by atoms with van der Waals surface area (Å²) in [6.07, 6.45) is 10.5. The van der Waals surface area contributed by atoms with Crippen LogP contribution in [-0.2, 0) is 0 Å². The van der Waals surface area contributed by atoms with Crippen LogP contribution in [0.5, 0.6) is 0 Å². The van der Waals surface area contributed by atoms with Crippen LogP contribution in [0.3, 0.4) is 0 Å². The minimum Gasteiger partial charge on any atom is -0.397 e. The lowest BCUT2D eigenvalue weighted by atomic mass is 9.81. The molecule has 0 bridgehead atoms. The minimum absolute atomic E-state index is 0.792. The molecule has 0 atom stereocenters. The summed E-state index contributed by atoms with van der Waals surface area (Å²) in [6, 6.07) is 6.16. The molecule has 2 aromatic rings. The third-order valence-electron chi connectivity index (χ3n) is 4.99. The van der Waals surface area contributed by atoms with E-state index in [0.717, 1.165) is 40.5 Å². The van der Waals surface area contributed by atoms with Crippen molar-refractivity contribution >= 4 is 22.1 Å². The Hall–Kier alpha value is -1.77. The average Bonchev–Trinajstić information content (AvgIpc) is 2.55. The summed E-state index contributed by atoms with van der Waals surface area (Å²) in [5, 5.41) is 5.75. The Labute approximate surface area is 127 Å². The minimum atomic E-state index is 0.792. The van der Waals surface area contributed by atoms with E-state index in [1.165, 1.54) is 32.1 Å². The van der Waals surface area contributed by atoms with Gasteiger partial charge in [0, 0.05) is 29.7 Å². The molecule has 1 aromatic heterocycles. The first-order chi connectivity index (χ1) is 10.3. The van der Waals surface area contributed by atoms with Gasteiger partial charge in [-0.3, -0.25) is 4.98 Å². The topological polar surface area (TPSA) is 50.9 Å². The van der Waals surface area contributed by atoms with Crippen LogP contribution in [0.25, 0.3) is 10.8 Å². The van der Waals surface area contributed by atoms with E-state index in [1.807, 2.05) is 12.3 Å². The molecule has 3 N–H and O–H groups in total. The Morgan fingerprint density at radius 3 is 2.67 bits per heavy atom. The van der Waals surface area contributed by atoms with Crippen LogP contribution in [0.2, 0.25) is 0 Å². The second kappa shape index (κ2) is 6.33. The number of fused-ring (bicyclic) bond motifs is 1. The highest BCUT2D eigenvalue weighted by Crippen LogP contribution is 2.32. The molecule has 0 saturated heterocycles. The van der Waals surface area contributed by atoms with Crippen LogP contribution < -0.4 is 11.1 Å². The Kier molecular flexibility index (Phi) is 4.28. The number of benzene rings is 1. The van der Waals surface area contributed by atoms with Crippen molar-refractivity contribution in [2.75, 3.05) is 17.6 Å². The number of anilines is 2. The van der Waals surface area contributed by atoms with Crippen molar-refractivity contribution in [3.63, 3.8) is 0 Å². The molecule has 3 heteroatoms. The van der Waals surface area contributed by atoms with Crippen molar-refractivity contribution in [1.29, 1.82) is 0 Å². The van der Waals surface area contributed by atoms with Gasteiger partial charge < -0.3 is 11.1 Å². The van der Waals surface area contributed by atoms with Crippen LogP contribution in [-0.4, -0.2) is 11.5 Å². The number of rotatable bonds is 4. The van der Waals surface area contributed by atoms with Crippen molar-refractivity contribution in [2.45, 2.75) is 39.0 Å². The lowest BCUT2D eigenvalue weighted by Gasteiger charge is -2.28. The lowest BCUT2D eigenvalue weighted by Crippen LogP contribution is -2.21. The standard InChI is InChI=1S/C18H25N3/c1-2-13-3-5-14(6-4-13)11-21-17-8-7-15-12-20-10-9-16(15)18(17)19/h7-10,12-14,21H,2-6,11,19H2,1H3. The van der Waals surface area contributed by atoms with E-state index in [2.05, 4.69) is 29.4 Å². The lowest BCUT2D eigenvalue weighted by molar-refractivity contribution is 0.278. The average molecular weight is 283 g/mol. The third kappa shape index (κ3) is 3.12. The highest BCUT2D eigenvalue weighted by atomic mass is 14.9. The van der Waals surface area contributed by atoms with Gasteiger partial charge in [0.25, 0.3) is 0 Å². The number of nitrogens with one attached hydrogen (secondary N) is 1. The molecule has 0 radical (unpaired) electrons. The molecule has 1 aliphatic carbocycles. The first-order valence-corrected chi connectivity index (χ1v) is 8.14. The maximum atomic E-state index is 6.29. The van der Waals surface area contributed by atoms with Crippen LogP contribution >= 0.6 is 0 Å². The van der Waals surface area contributed by atoms with Crippen molar-refractivity contribution in [3.05, 3.63) is 30.6 Å². The number of pyridine rings is 1. The summed E-state index contributed by atoms with van der Waals surface area (Å²) in [6.45, 7) is 3.35. The molecule has 0 amide bonds. The fourth-order valence-corrected chi connectivity index (χ4v) is 3.45. The zero-order chi connectivity index (χ0) is 14.7. The zero-order valence-corrected chi connectivity index (χ0v) is 12.8. The maximum absolute atomic E-state index is 6.29. The Morgan fingerprint density at radius 1 is 1.14 bits per heavy atom. The Bertz CT molecular complexity index is 600. The fraction of sp³-hybridized carbons (Fsp3) is 0.500. The van der Waals surface area contributed by atoms with E-state index in [0.29, 0.717) is 0 Å². The van der Waals surface area contributed by atoms with Gasteiger partial charge in [-0.25, -0.2) is 0 Å². The van der Waals surface area contributed by atoms with Crippen molar-refractivity contribution in [3.8, 4) is 0 Å². The smallest absolute Gasteiger partial charge is 0.0630 e. The summed E-state index contributed by atoms with van der Waals surface area (Å²) < 4.78 is 0. The fourth-order valence-electron chi connectivity index (χ4n) is 3.45. The summed E-state index contributed by atoms with van der Waals surface area (Å²) in [5.74, 6) is 1.75. The van der Waals surface area contributed by atoms with Gasteiger partial charge in [0.05, 0.1) is 11.4 Å². The maximum Gasteiger partial charge on any atom is 0.0630 e. The molecule has 112 valence electrons. The van der Waals surface area contributed by atoms with Gasteiger partial charge in [-0.2, -0.15) is 0 Å². The number of aromatic nitrogens is 1. The van der Waals surface area contributed by atoms with Crippen LogP contribution in [0.4, 0.5) is 11.4 Å². The van der Waals surface area contributed by atoms with E-state index < -0.39 is 0 Å². The Morgan fingerprint density at radius 2 is 1.90 bits per heavy atom. The highest BCUT2D eigenvalue weighted by molar-refractivity contribution is 5.98. The van der Waals surface area contributed by atoms with Crippen LogP contribution in [0.1, 0.15) is 39.0 Å². The molecular weight excluding hydrogens is 258 g/mol. The number of nitrogens with zero attached hydrogens (tertiary/aromatic N) is 1. The van der Waals surface area contributed by atoms with Gasteiger partial charge in [-0.05, 0) is 36.8 Å². The van der Waals surface area contributed by atoms with Crippen molar-refractivity contribution in [1.82, 2.24) is 4.98 Å². The first kappa shape index (κ1) is 14.2. The van der Waals surface area contributed by atoms with Gasteiger partial charge in [-0.1, -0.05) is 32.3 Å². The predicted octanol–water partition coefficient (Wildman–Crippen LogP) is 4.45. The number of nitrogen functional groups attached to an aromatic ring is 1. The van der Waals surface area contributed by atoms with E-state index >= 15 is 0 Å². The highest BCUT2D eigenvalue weighted by Gasteiger charge is 2.19. The van der Waals surface area contributed by atoms with E-state index in [9.17, 15) is 0 Å². The largest absolute Gasteiger partial charge is 0.397 e. The first-order valence-electron chi connectivity index (χ1n) is 8.14. The molecule has 0 unspecified atom stereocenters. The SMILES string of the molecule is CCC1CCC(CNc2ccc3cnccc3c2N)CC1. The van der Waals surface area contributed by atoms with Crippen LogP contribution in [0.15, 0.2) is 30.6 Å². The zero-order valence-electron chi connectivity index (χ0n) is 12.8. The van der Waals surface area contributed by atoms with E-state index in [-0.39, 0.29) is 0 Å². The van der Waals surface area contributed by atoms with E-state index in [1.54, 1.807) is 6.20 Å². The molecule has 1 saturated carbocycles. The Balaban J connectivity index is 1.64. The van der Waals surface area contributed by atoms with Crippen molar-refractivity contribution in [2.24, 2.45) is 11.8 Å². The second-order valence-corrected chi connectivity index (χ2v) is 6.30. The van der Waals surface area contributed by atoms with Gasteiger partial charge in [-0.15, -0.1) is 0 Å². The van der Waals surface area contributed by atoms with Gasteiger partial charge >= 0.3 is 0 Å². The normalized spacial score (nSPS) is 22.3.